The Morgan fingerprint density at radius 3 is 3.00 bits per heavy atom. The number of halogens is 2. The molecule has 0 aliphatic rings. The molecule has 1 N–H and O–H groups in total. The van der Waals surface area contributed by atoms with Crippen molar-refractivity contribution in [3.63, 3.8) is 0 Å². The summed E-state index contributed by atoms with van der Waals surface area (Å²) in [5, 5.41) is 3.97. The number of aromatic nitrogens is 1. The van der Waals surface area contributed by atoms with E-state index in [0.29, 0.717) is 10.8 Å². The topological polar surface area (TPSA) is 38.1 Å². The highest BCUT2D eigenvalue weighted by molar-refractivity contribution is 9.10. The van der Waals surface area contributed by atoms with E-state index in [4.69, 9.17) is 16.0 Å². The number of nitrogens with one attached hydrogen (secondary N) is 1. The van der Waals surface area contributed by atoms with Gasteiger partial charge in [0.05, 0.1) is 11.2 Å². The molecular formula is C14H16BrClN2O. The van der Waals surface area contributed by atoms with Crippen LogP contribution >= 0.6 is 27.5 Å². The van der Waals surface area contributed by atoms with E-state index in [9.17, 15) is 0 Å². The van der Waals surface area contributed by atoms with Gasteiger partial charge in [-0.2, -0.15) is 0 Å². The summed E-state index contributed by atoms with van der Waals surface area (Å²) < 4.78 is 6.59. The maximum atomic E-state index is 6.24. The normalized spacial score (nSPS) is 10.9. The molecule has 0 atom stereocenters. The average Bonchev–Trinajstić information content (AvgIpc) is 2.87. The molecular weight excluding hydrogens is 328 g/mol. The SMILES string of the molecule is CCCNCCc1ncc(-c2cccc(Br)c2Cl)o1. The maximum Gasteiger partial charge on any atom is 0.196 e. The Bertz CT molecular complexity index is 542. The van der Waals surface area contributed by atoms with Gasteiger partial charge in [0.2, 0.25) is 0 Å². The minimum absolute atomic E-state index is 0.648. The summed E-state index contributed by atoms with van der Waals surface area (Å²) in [4.78, 5) is 4.28. The third-order valence-corrected chi connectivity index (χ3v) is 4.01. The first-order chi connectivity index (χ1) is 9.22. The summed E-state index contributed by atoms with van der Waals surface area (Å²) in [6, 6.07) is 5.75. The molecule has 1 heterocycles. The fourth-order valence-corrected chi connectivity index (χ4v) is 2.33. The lowest BCUT2D eigenvalue weighted by atomic mass is 10.2. The van der Waals surface area contributed by atoms with E-state index in [-0.39, 0.29) is 0 Å². The van der Waals surface area contributed by atoms with E-state index in [2.05, 4.69) is 33.2 Å². The van der Waals surface area contributed by atoms with Crippen molar-refractivity contribution in [2.45, 2.75) is 19.8 Å². The van der Waals surface area contributed by atoms with E-state index < -0.39 is 0 Å². The van der Waals surface area contributed by atoms with Gasteiger partial charge in [0.1, 0.15) is 0 Å². The Hall–Kier alpha value is -0.840. The molecule has 1 aromatic heterocycles. The van der Waals surface area contributed by atoms with E-state index in [1.807, 2.05) is 18.2 Å². The van der Waals surface area contributed by atoms with Crippen molar-refractivity contribution in [3.8, 4) is 11.3 Å². The van der Waals surface area contributed by atoms with Gasteiger partial charge in [0.15, 0.2) is 11.7 Å². The fourth-order valence-electron chi connectivity index (χ4n) is 1.74. The Kier molecular flexibility index (Phi) is 5.43. The summed E-state index contributed by atoms with van der Waals surface area (Å²) >= 11 is 9.64. The lowest BCUT2D eigenvalue weighted by molar-refractivity contribution is 0.495. The Labute approximate surface area is 126 Å². The lowest BCUT2D eigenvalue weighted by Crippen LogP contribution is -2.17. The Morgan fingerprint density at radius 1 is 1.37 bits per heavy atom. The second-order valence-corrected chi connectivity index (χ2v) is 5.45. The van der Waals surface area contributed by atoms with Crippen LogP contribution in [-0.4, -0.2) is 18.1 Å². The van der Waals surface area contributed by atoms with Crippen LogP contribution in [0.15, 0.2) is 33.3 Å². The third kappa shape index (κ3) is 3.81. The van der Waals surface area contributed by atoms with Gasteiger partial charge in [0.25, 0.3) is 0 Å². The highest BCUT2D eigenvalue weighted by atomic mass is 79.9. The van der Waals surface area contributed by atoms with Gasteiger partial charge in [-0.25, -0.2) is 4.98 Å². The molecule has 0 saturated carbocycles. The molecule has 0 radical (unpaired) electrons. The molecule has 19 heavy (non-hydrogen) atoms. The van der Waals surface area contributed by atoms with Crippen LogP contribution in [-0.2, 0) is 6.42 Å². The molecule has 0 aliphatic heterocycles. The predicted octanol–water partition coefficient (Wildman–Crippen LogP) is 4.30. The minimum Gasteiger partial charge on any atom is -0.441 e. The zero-order valence-electron chi connectivity index (χ0n) is 10.7. The second-order valence-electron chi connectivity index (χ2n) is 4.22. The quantitative estimate of drug-likeness (QED) is 0.795. The van der Waals surface area contributed by atoms with E-state index in [0.717, 1.165) is 41.9 Å². The van der Waals surface area contributed by atoms with Crippen molar-refractivity contribution >= 4 is 27.5 Å². The third-order valence-electron chi connectivity index (χ3n) is 2.71. The zero-order valence-corrected chi connectivity index (χ0v) is 13.1. The van der Waals surface area contributed by atoms with Gasteiger partial charge in [-0.15, -0.1) is 0 Å². The van der Waals surface area contributed by atoms with Gasteiger partial charge < -0.3 is 9.73 Å². The van der Waals surface area contributed by atoms with Crippen molar-refractivity contribution in [2.24, 2.45) is 0 Å². The summed E-state index contributed by atoms with van der Waals surface area (Å²) in [6.07, 6.45) is 3.64. The number of hydrogen-bond donors (Lipinski definition) is 1. The minimum atomic E-state index is 0.648. The van der Waals surface area contributed by atoms with Crippen molar-refractivity contribution in [2.75, 3.05) is 13.1 Å². The van der Waals surface area contributed by atoms with E-state index >= 15 is 0 Å². The number of oxazole rings is 1. The van der Waals surface area contributed by atoms with Crippen LogP contribution in [0.2, 0.25) is 5.02 Å². The number of rotatable bonds is 6. The number of nitrogens with zero attached hydrogens (tertiary/aromatic N) is 1. The predicted molar refractivity (Wildman–Crippen MR) is 81.5 cm³/mol. The first kappa shape index (κ1) is 14.6. The van der Waals surface area contributed by atoms with Crippen molar-refractivity contribution in [1.29, 1.82) is 0 Å². The Balaban J connectivity index is 2.06. The van der Waals surface area contributed by atoms with Crippen LogP contribution in [0.5, 0.6) is 0 Å². The van der Waals surface area contributed by atoms with Crippen LogP contribution in [0.4, 0.5) is 0 Å². The monoisotopic (exact) mass is 342 g/mol. The van der Waals surface area contributed by atoms with E-state index in [1.54, 1.807) is 6.20 Å². The summed E-state index contributed by atoms with van der Waals surface area (Å²) in [5.74, 6) is 1.44. The molecule has 2 aromatic rings. The standard InChI is InChI=1S/C14H16BrClN2O/c1-2-7-17-8-6-13-18-9-12(19-13)10-4-3-5-11(15)14(10)16/h3-5,9,17H,2,6-8H2,1H3. The second kappa shape index (κ2) is 7.08. The summed E-state index contributed by atoms with van der Waals surface area (Å²) in [7, 11) is 0. The van der Waals surface area contributed by atoms with Crippen molar-refractivity contribution in [3.05, 3.63) is 39.8 Å². The molecule has 0 fully saturated rings. The molecule has 5 heteroatoms. The molecule has 0 unspecified atom stereocenters. The molecule has 0 bridgehead atoms. The molecule has 0 spiro atoms. The molecule has 0 amide bonds. The number of benzene rings is 1. The van der Waals surface area contributed by atoms with E-state index in [1.165, 1.54) is 0 Å². The van der Waals surface area contributed by atoms with Gasteiger partial charge in [-0.05, 0) is 41.0 Å². The van der Waals surface area contributed by atoms with Crippen LogP contribution in [0, 0.1) is 0 Å². The van der Waals surface area contributed by atoms with Crippen LogP contribution in [0.3, 0.4) is 0 Å². The van der Waals surface area contributed by atoms with Gasteiger partial charge in [-0.1, -0.05) is 24.6 Å². The average molecular weight is 344 g/mol. The summed E-state index contributed by atoms with van der Waals surface area (Å²) in [6.45, 7) is 4.04. The van der Waals surface area contributed by atoms with Gasteiger partial charge >= 0.3 is 0 Å². The fraction of sp³-hybridized carbons (Fsp3) is 0.357. The van der Waals surface area contributed by atoms with Crippen molar-refractivity contribution in [1.82, 2.24) is 10.3 Å². The largest absolute Gasteiger partial charge is 0.441 e. The lowest BCUT2D eigenvalue weighted by Gasteiger charge is -2.02. The molecule has 2 rings (SSSR count). The first-order valence-corrected chi connectivity index (χ1v) is 7.49. The zero-order chi connectivity index (χ0) is 13.7. The molecule has 102 valence electrons. The highest BCUT2D eigenvalue weighted by Gasteiger charge is 2.11. The summed E-state index contributed by atoms with van der Waals surface area (Å²) in [5.41, 5.74) is 0.858. The number of hydrogen-bond acceptors (Lipinski definition) is 3. The van der Waals surface area contributed by atoms with Gasteiger partial charge in [0, 0.05) is 23.0 Å². The van der Waals surface area contributed by atoms with Crippen molar-refractivity contribution < 1.29 is 4.42 Å². The molecule has 3 nitrogen and oxygen atoms in total. The molecule has 1 aromatic carbocycles. The van der Waals surface area contributed by atoms with Crippen LogP contribution < -0.4 is 5.32 Å². The smallest absolute Gasteiger partial charge is 0.196 e. The first-order valence-electron chi connectivity index (χ1n) is 6.32. The van der Waals surface area contributed by atoms with Crippen LogP contribution in [0.25, 0.3) is 11.3 Å². The highest BCUT2D eigenvalue weighted by Crippen LogP contribution is 2.33. The Morgan fingerprint density at radius 2 is 2.21 bits per heavy atom. The molecule has 0 aliphatic carbocycles. The van der Waals surface area contributed by atoms with Gasteiger partial charge in [-0.3, -0.25) is 0 Å². The van der Waals surface area contributed by atoms with Crippen LogP contribution in [0.1, 0.15) is 19.2 Å². The maximum absolute atomic E-state index is 6.24. The molecule has 0 saturated heterocycles.